The molecule has 1 aromatic heterocycles. The van der Waals surface area contributed by atoms with Gasteiger partial charge in [0.15, 0.2) is 5.00 Å². The van der Waals surface area contributed by atoms with Crippen molar-refractivity contribution in [1.29, 1.82) is 0 Å². The maximum atomic E-state index is 11.1. The summed E-state index contributed by atoms with van der Waals surface area (Å²) in [6, 6.07) is 1.42. The fourth-order valence-electron chi connectivity index (χ4n) is 2.35. The van der Waals surface area contributed by atoms with Crippen LogP contribution >= 0.6 is 11.3 Å². The topological polar surface area (TPSA) is 86.8 Å². The molecule has 0 spiro atoms. The first-order chi connectivity index (χ1) is 8.80. The minimum absolute atomic E-state index is 0.0126. The molecule has 1 fully saturated rings. The van der Waals surface area contributed by atoms with E-state index in [1.807, 2.05) is 4.90 Å². The van der Waals surface area contributed by atoms with Gasteiger partial charge < -0.3 is 15.1 Å². The summed E-state index contributed by atoms with van der Waals surface area (Å²) in [4.78, 5) is 13.1. The summed E-state index contributed by atoms with van der Waals surface area (Å²) in [5.74, 6) is 0. The molecule has 6 nitrogen and oxygen atoms in total. The van der Waals surface area contributed by atoms with Crippen molar-refractivity contribution in [3.05, 3.63) is 21.1 Å². The number of rotatable bonds is 3. The standard InChI is InChI=1S/C12H18N2O4S/c1-8(15)10-6-9(14(17)18)11(19-10)13-5-3-4-12(2,16)7-13/h6,8,15-16H,3-5,7H2,1-2H3/t8-,12?/m1/s1. The molecule has 1 aromatic rings. The molecule has 1 unspecified atom stereocenters. The summed E-state index contributed by atoms with van der Waals surface area (Å²) in [6.45, 7) is 4.41. The van der Waals surface area contributed by atoms with E-state index in [4.69, 9.17) is 0 Å². The van der Waals surface area contributed by atoms with Crippen LogP contribution in [0.4, 0.5) is 10.7 Å². The smallest absolute Gasteiger partial charge is 0.304 e. The van der Waals surface area contributed by atoms with Crippen molar-refractivity contribution in [2.45, 2.75) is 38.4 Å². The number of piperidine rings is 1. The molecule has 1 aliphatic rings. The fourth-order valence-corrected chi connectivity index (χ4v) is 3.43. The van der Waals surface area contributed by atoms with Crippen LogP contribution in [0.15, 0.2) is 6.07 Å². The van der Waals surface area contributed by atoms with Crippen molar-refractivity contribution in [3.63, 3.8) is 0 Å². The van der Waals surface area contributed by atoms with Crippen molar-refractivity contribution >= 4 is 22.0 Å². The fraction of sp³-hybridized carbons (Fsp3) is 0.667. The quantitative estimate of drug-likeness (QED) is 0.656. The molecule has 0 saturated carbocycles. The van der Waals surface area contributed by atoms with E-state index in [1.165, 1.54) is 17.4 Å². The van der Waals surface area contributed by atoms with E-state index in [2.05, 4.69) is 0 Å². The first kappa shape index (κ1) is 14.2. The second-order valence-corrected chi connectivity index (χ2v) is 6.36. The van der Waals surface area contributed by atoms with E-state index in [-0.39, 0.29) is 5.69 Å². The number of thiophene rings is 1. The SMILES string of the molecule is C[C@@H](O)c1cc([N+](=O)[O-])c(N2CCCC(C)(O)C2)s1. The Bertz CT molecular complexity index is 484. The lowest BCUT2D eigenvalue weighted by molar-refractivity contribution is -0.383. The van der Waals surface area contributed by atoms with E-state index in [9.17, 15) is 20.3 Å². The molecule has 1 saturated heterocycles. The van der Waals surface area contributed by atoms with Gasteiger partial charge in [-0.1, -0.05) is 0 Å². The lowest BCUT2D eigenvalue weighted by atomic mass is 9.95. The van der Waals surface area contributed by atoms with Crippen molar-refractivity contribution in [1.82, 2.24) is 0 Å². The molecule has 0 radical (unpaired) electrons. The predicted molar refractivity (Wildman–Crippen MR) is 73.7 cm³/mol. The largest absolute Gasteiger partial charge is 0.388 e. The average molecular weight is 286 g/mol. The number of nitro groups is 1. The van der Waals surface area contributed by atoms with Crippen LogP contribution in [-0.2, 0) is 0 Å². The van der Waals surface area contributed by atoms with E-state index in [1.54, 1.807) is 13.8 Å². The van der Waals surface area contributed by atoms with Gasteiger partial charge in [-0.05, 0) is 26.7 Å². The van der Waals surface area contributed by atoms with Crippen molar-refractivity contribution < 1.29 is 15.1 Å². The molecular formula is C12H18N2O4S. The Labute approximate surface area is 115 Å². The van der Waals surface area contributed by atoms with Crippen LogP contribution in [0.1, 0.15) is 37.7 Å². The molecule has 0 bridgehead atoms. The summed E-state index contributed by atoms with van der Waals surface area (Å²) in [6.07, 6.45) is 0.778. The summed E-state index contributed by atoms with van der Waals surface area (Å²) < 4.78 is 0. The highest BCUT2D eigenvalue weighted by molar-refractivity contribution is 7.16. The second kappa shape index (κ2) is 5.07. The van der Waals surface area contributed by atoms with Gasteiger partial charge in [0.25, 0.3) is 0 Å². The molecule has 2 heterocycles. The number of aliphatic hydroxyl groups is 2. The molecule has 2 N–H and O–H groups in total. The maximum absolute atomic E-state index is 11.1. The molecule has 106 valence electrons. The Morgan fingerprint density at radius 1 is 1.63 bits per heavy atom. The third kappa shape index (κ3) is 3.05. The predicted octanol–water partition coefficient (Wildman–Crippen LogP) is 2.06. The molecular weight excluding hydrogens is 268 g/mol. The number of aliphatic hydroxyl groups excluding tert-OH is 1. The Morgan fingerprint density at radius 2 is 2.32 bits per heavy atom. The van der Waals surface area contributed by atoms with Gasteiger partial charge in [0, 0.05) is 24.0 Å². The molecule has 0 aliphatic carbocycles. The number of hydrogen-bond acceptors (Lipinski definition) is 6. The highest BCUT2D eigenvalue weighted by Crippen LogP contribution is 2.41. The molecule has 1 aliphatic heterocycles. The Hall–Kier alpha value is -1.18. The zero-order valence-corrected chi connectivity index (χ0v) is 11.8. The number of anilines is 1. The van der Waals surface area contributed by atoms with Crippen LogP contribution in [0.3, 0.4) is 0 Å². The van der Waals surface area contributed by atoms with Crippen LogP contribution < -0.4 is 4.90 Å². The Balaban J connectivity index is 2.35. The molecule has 2 atom stereocenters. The third-order valence-electron chi connectivity index (χ3n) is 3.28. The van der Waals surface area contributed by atoms with Gasteiger partial charge in [-0.25, -0.2) is 0 Å². The lowest BCUT2D eigenvalue weighted by Gasteiger charge is -2.37. The summed E-state index contributed by atoms with van der Waals surface area (Å²) in [7, 11) is 0. The third-order valence-corrected chi connectivity index (χ3v) is 4.64. The Kier molecular flexibility index (Phi) is 3.80. The summed E-state index contributed by atoms with van der Waals surface area (Å²) >= 11 is 1.23. The van der Waals surface area contributed by atoms with Crippen LogP contribution in [0.5, 0.6) is 0 Å². The van der Waals surface area contributed by atoms with Crippen LogP contribution in [0, 0.1) is 10.1 Å². The highest BCUT2D eigenvalue weighted by Gasteiger charge is 2.33. The number of nitrogens with zero attached hydrogens (tertiary/aromatic N) is 2. The van der Waals surface area contributed by atoms with E-state index >= 15 is 0 Å². The molecule has 0 aromatic carbocycles. The number of hydrogen-bond donors (Lipinski definition) is 2. The van der Waals surface area contributed by atoms with Crippen molar-refractivity contribution in [2.24, 2.45) is 0 Å². The normalized spacial score (nSPS) is 25.4. The second-order valence-electron chi connectivity index (χ2n) is 5.29. The van der Waals surface area contributed by atoms with Crippen molar-refractivity contribution in [2.75, 3.05) is 18.0 Å². The lowest BCUT2D eigenvalue weighted by Crippen LogP contribution is -2.46. The van der Waals surface area contributed by atoms with Crippen LogP contribution in [0.25, 0.3) is 0 Å². The summed E-state index contributed by atoms with van der Waals surface area (Å²) in [5.41, 5.74) is -0.806. The van der Waals surface area contributed by atoms with Gasteiger partial charge in [-0.15, -0.1) is 11.3 Å². The van der Waals surface area contributed by atoms with Gasteiger partial charge >= 0.3 is 5.69 Å². The summed E-state index contributed by atoms with van der Waals surface area (Å²) in [5, 5.41) is 31.3. The Morgan fingerprint density at radius 3 is 2.84 bits per heavy atom. The van der Waals surface area contributed by atoms with E-state index < -0.39 is 16.6 Å². The molecule has 0 amide bonds. The number of β-amino-alcohol motifs (C(OH)–C–C–N with tert-alkyl or cyclic N) is 1. The van der Waals surface area contributed by atoms with Crippen LogP contribution in [-0.4, -0.2) is 33.8 Å². The first-order valence-electron chi connectivity index (χ1n) is 6.24. The molecule has 7 heteroatoms. The minimum Gasteiger partial charge on any atom is -0.388 e. The van der Waals surface area contributed by atoms with Gasteiger partial charge in [0.05, 0.1) is 16.6 Å². The van der Waals surface area contributed by atoms with Gasteiger partial charge in [-0.3, -0.25) is 10.1 Å². The van der Waals surface area contributed by atoms with Gasteiger partial charge in [0.1, 0.15) is 0 Å². The van der Waals surface area contributed by atoms with E-state index in [0.29, 0.717) is 29.4 Å². The zero-order valence-electron chi connectivity index (χ0n) is 11.0. The molecule has 2 rings (SSSR count). The minimum atomic E-state index is -0.818. The van der Waals surface area contributed by atoms with E-state index in [0.717, 1.165) is 6.42 Å². The highest BCUT2D eigenvalue weighted by atomic mass is 32.1. The molecule has 19 heavy (non-hydrogen) atoms. The monoisotopic (exact) mass is 286 g/mol. The zero-order chi connectivity index (χ0) is 14.2. The first-order valence-corrected chi connectivity index (χ1v) is 7.05. The van der Waals surface area contributed by atoms with Gasteiger partial charge in [0.2, 0.25) is 0 Å². The maximum Gasteiger partial charge on any atom is 0.304 e. The van der Waals surface area contributed by atoms with Crippen LogP contribution in [0.2, 0.25) is 0 Å². The average Bonchev–Trinajstić information content (AvgIpc) is 2.72. The van der Waals surface area contributed by atoms with Gasteiger partial charge in [-0.2, -0.15) is 0 Å². The van der Waals surface area contributed by atoms with Crippen molar-refractivity contribution in [3.8, 4) is 0 Å².